The maximum Gasteiger partial charge on any atom is 0.317 e. The molecule has 1 unspecified atom stereocenters. The number of likely N-dealkylation sites (tertiary alicyclic amines) is 1. The number of hydrogen-bond acceptors (Lipinski definition) is 6. The summed E-state index contributed by atoms with van der Waals surface area (Å²) in [5, 5.41) is 7.69. The van der Waals surface area contributed by atoms with Gasteiger partial charge in [-0.1, -0.05) is 5.21 Å². The molecule has 0 N–H and O–H groups in total. The molecule has 3 heterocycles. The minimum absolute atomic E-state index is 0.106. The van der Waals surface area contributed by atoms with Crippen LogP contribution in [0.5, 0.6) is 6.01 Å². The molecule has 1 amide bonds. The van der Waals surface area contributed by atoms with Crippen molar-refractivity contribution in [3.63, 3.8) is 0 Å². The Morgan fingerprint density at radius 2 is 2.04 bits per heavy atom. The number of ether oxygens (including phenoxy) is 1. The Kier molecular flexibility index (Phi) is 4.22. The Morgan fingerprint density at radius 1 is 1.30 bits per heavy atom. The third-order valence-corrected chi connectivity index (χ3v) is 3.72. The molecule has 8 nitrogen and oxygen atoms in total. The molecular weight excluding hydrogens is 296 g/mol. The number of hydrogen-bond donors (Lipinski definition) is 0. The van der Waals surface area contributed by atoms with E-state index in [0.29, 0.717) is 24.8 Å². The number of rotatable bonds is 3. The normalized spacial score (nSPS) is 18.0. The van der Waals surface area contributed by atoms with E-state index in [2.05, 4.69) is 20.3 Å². The van der Waals surface area contributed by atoms with Crippen molar-refractivity contribution in [2.24, 2.45) is 7.05 Å². The summed E-state index contributed by atoms with van der Waals surface area (Å²) in [7, 11) is 1.74. The van der Waals surface area contributed by atoms with Gasteiger partial charge < -0.3 is 9.64 Å². The van der Waals surface area contributed by atoms with Crippen LogP contribution in [0.1, 0.15) is 34.7 Å². The highest BCUT2D eigenvalue weighted by molar-refractivity contribution is 5.92. The van der Waals surface area contributed by atoms with Crippen molar-refractivity contribution in [2.45, 2.75) is 32.8 Å². The lowest BCUT2D eigenvalue weighted by Gasteiger charge is -2.31. The number of amides is 1. The minimum atomic E-state index is -0.118. The third kappa shape index (κ3) is 3.64. The first kappa shape index (κ1) is 15.4. The van der Waals surface area contributed by atoms with E-state index in [4.69, 9.17) is 4.74 Å². The van der Waals surface area contributed by atoms with Gasteiger partial charge >= 0.3 is 6.01 Å². The number of aryl methyl sites for hydroxylation is 3. The van der Waals surface area contributed by atoms with Gasteiger partial charge in [-0.3, -0.25) is 9.48 Å². The molecule has 3 rings (SSSR count). The van der Waals surface area contributed by atoms with E-state index in [1.54, 1.807) is 18.1 Å². The third-order valence-electron chi connectivity index (χ3n) is 3.72. The van der Waals surface area contributed by atoms with Gasteiger partial charge in [-0.25, -0.2) is 9.97 Å². The highest BCUT2D eigenvalue weighted by atomic mass is 16.5. The molecule has 0 radical (unpaired) electrons. The highest BCUT2D eigenvalue weighted by Gasteiger charge is 2.27. The first-order valence-electron chi connectivity index (χ1n) is 7.66. The lowest BCUT2D eigenvalue weighted by atomic mass is 10.1. The summed E-state index contributed by atoms with van der Waals surface area (Å²) in [5.41, 5.74) is 2.10. The van der Waals surface area contributed by atoms with Gasteiger partial charge in [-0.2, -0.15) is 0 Å². The van der Waals surface area contributed by atoms with Crippen molar-refractivity contribution in [2.75, 3.05) is 13.1 Å². The first-order valence-corrected chi connectivity index (χ1v) is 7.66. The lowest BCUT2D eigenvalue weighted by Crippen LogP contribution is -2.44. The SMILES string of the molecule is Cc1cc(C)nc(OC2CCCN(C(=O)c3cn(C)nn3)C2)n1. The van der Waals surface area contributed by atoms with Crippen molar-refractivity contribution < 1.29 is 9.53 Å². The zero-order valence-electron chi connectivity index (χ0n) is 13.6. The van der Waals surface area contributed by atoms with Gasteiger partial charge in [0.25, 0.3) is 5.91 Å². The van der Waals surface area contributed by atoms with Crippen LogP contribution < -0.4 is 4.74 Å². The summed E-state index contributed by atoms with van der Waals surface area (Å²) in [5.74, 6) is -0.118. The van der Waals surface area contributed by atoms with Crippen molar-refractivity contribution in [1.29, 1.82) is 0 Å². The van der Waals surface area contributed by atoms with E-state index >= 15 is 0 Å². The quantitative estimate of drug-likeness (QED) is 0.836. The largest absolute Gasteiger partial charge is 0.458 e. The Morgan fingerprint density at radius 3 is 2.70 bits per heavy atom. The summed E-state index contributed by atoms with van der Waals surface area (Å²) in [6.07, 6.45) is 3.27. The molecule has 1 aliphatic rings. The first-order chi connectivity index (χ1) is 11.0. The number of aromatic nitrogens is 5. The second-order valence-corrected chi connectivity index (χ2v) is 5.84. The van der Waals surface area contributed by atoms with Crippen LogP contribution in [0.3, 0.4) is 0 Å². The summed E-state index contributed by atoms with van der Waals surface area (Å²) >= 11 is 0. The predicted molar refractivity (Wildman–Crippen MR) is 82.1 cm³/mol. The van der Waals surface area contributed by atoms with Crippen LogP contribution in [0.2, 0.25) is 0 Å². The predicted octanol–water partition coefficient (Wildman–Crippen LogP) is 0.906. The molecule has 122 valence electrons. The molecule has 1 aliphatic heterocycles. The molecule has 1 atom stereocenters. The monoisotopic (exact) mass is 316 g/mol. The fourth-order valence-electron chi connectivity index (χ4n) is 2.72. The molecule has 0 spiro atoms. The molecular formula is C15H20N6O2. The van der Waals surface area contributed by atoms with Crippen molar-refractivity contribution in [1.82, 2.24) is 29.9 Å². The number of carbonyl (C=O) groups excluding carboxylic acids is 1. The Hall–Kier alpha value is -2.51. The zero-order chi connectivity index (χ0) is 16.4. The molecule has 8 heteroatoms. The molecule has 2 aromatic rings. The number of piperidine rings is 1. The molecule has 1 saturated heterocycles. The van der Waals surface area contributed by atoms with Gasteiger partial charge in [0.05, 0.1) is 12.7 Å². The van der Waals surface area contributed by atoms with Crippen LogP contribution >= 0.6 is 0 Å². The van der Waals surface area contributed by atoms with Gasteiger partial charge in [0.2, 0.25) is 0 Å². The fraction of sp³-hybridized carbons (Fsp3) is 0.533. The van der Waals surface area contributed by atoms with Gasteiger partial charge in [0.1, 0.15) is 6.10 Å². The summed E-state index contributed by atoms with van der Waals surface area (Å²) in [6, 6.07) is 2.28. The molecule has 23 heavy (non-hydrogen) atoms. The summed E-state index contributed by atoms with van der Waals surface area (Å²) in [6.45, 7) is 5.02. The molecule has 0 aliphatic carbocycles. The molecule has 0 aromatic carbocycles. The highest BCUT2D eigenvalue weighted by Crippen LogP contribution is 2.17. The lowest BCUT2D eigenvalue weighted by molar-refractivity contribution is 0.0509. The summed E-state index contributed by atoms with van der Waals surface area (Å²) in [4.78, 5) is 22.8. The molecule has 1 fully saturated rings. The van der Waals surface area contributed by atoms with Crippen molar-refractivity contribution >= 4 is 5.91 Å². The topological polar surface area (TPSA) is 86.0 Å². The van der Waals surface area contributed by atoms with Crippen LogP contribution in [0.25, 0.3) is 0 Å². The van der Waals surface area contributed by atoms with Gasteiger partial charge in [0, 0.05) is 25.0 Å². The summed E-state index contributed by atoms with van der Waals surface area (Å²) < 4.78 is 7.40. The standard InChI is InChI=1S/C15H20N6O2/c1-10-7-11(2)17-15(16-10)23-12-5-4-6-21(8-12)14(22)13-9-20(3)19-18-13/h7,9,12H,4-6,8H2,1-3H3. The average molecular weight is 316 g/mol. The maximum atomic E-state index is 12.4. The number of carbonyl (C=O) groups is 1. The average Bonchev–Trinajstić information content (AvgIpc) is 2.92. The fourth-order valence-corrected chi connectivity index (χ4v) is 2.72. The van der Waals surface area contributed by atoms with E-state index in [1.807, 2.05) is 19.9 Å². The van der Waals surface area contributed by atoms with E-state index in [0.717, 1.165) is 24.2 Å². The van der Waals surface area contributed by atoms with E-state index in [9.17, 15) is 4.79 Å². The van der Waals surface area contributed by atoms with E-state index in [-0.39, 0.29) is 12.0 Å². The second-order valence-electron chi connectivity index (χ2n) is 5.84. The van der Waals surface area contributed by atoms with Crippen LogP contribution in [-0.2, 0) is 7.05 Å². The van der Waals surface area contributed by atoms with Crippen molar-refractivity contribution in [3.05, 3.63) is 29.3 Å². The maximum absolute atomic E-state index is 12.4. The molecule has 0 saturated carbocycles. The Bertz CT molecular complexity index is 693. The smallest absolute Gasteiger partial charge is 0.317 e. The Balaban J connectivity index is 1.67. The van der Waals surface area contributed by atoms with Gasteiger partial charge in [-0.15, -0.1) is 5.10 Å². The van der Waals surface area contributed by atoms with Crippen LogP contribution in [0, 0.1) is 13.8 Å². The van der Waals surface area contributed by atoms with Gasteiger partial charge in [0.15, 0.2) is 5.69 Å². The molecule has 0 bridgehead atoms. The van der Waals surface area contributed by atoms with E-state index in [1.165, 1.54) is 4.68 Å². The van der Waals surface area contributed by atoms with Crippen LogP contribution in [0.4, 0.5) is 0 Å². The van der Waals surface area contributed by atoms with E-state index < -0.39 is 0 Å². The van der Waals surface area contributed by atoms with Crippen LogP contribution in [-0.4, -0.2) is 55.0 Å². The molecule has 2 aromatic heterocycles. The van der Waals surface area contributed by atoms with Gasteiger partial charge in [-0.05, 0) is 32.8 Å². The Labute approximate surface area is 134 Å². The van der Waals surface area contributed by atoms with Crippen molar-refractivity contribution in [3.8, 4) is 6.01 Å². The van der Waals surface area contributed by atoms with Crippen LogP contribution in [0.15, 0.2) is 12.3 Å². The second kappa shape index (κ2) is 6.31. The minimum Gasteiger partial charge on any atom is -0.458 e. The number of nitrogens with zero attached hydrogens (tertiary/aromatic N) is 6. The zero-order valence-corrected chi connectivity index (χ0v) is 13.6.